The number of nitrogen functional groups attached to an aromatic ring is 1. The van der Waals surface area contributed by atoms with Crippen molar-refractivity contribution in [3.05, 3.63) is 15.4 Å². The molecule has 2 aliphatic rings. The fourth-order valence-corrected chi connectivity index (χ4v) is 6.22. The van der Waals surface area contributed by atoms with Crippen molar-refractivity contribution in [2.45, 2.75) is 38.1 Å². The molecule has 0 bridgehead atoms. The Morgan fingerprint density at radius 1 is 1.04 bits per heavy atom. The molecule has 1 aliphatic carbocycles. The molecule has 8 heteroatoms. The van der Waals surface area contributed by atoms with Crippen molar-refractivity contribution in [1.82, 2.24) is 9.88 Å². The Hall–Kier alpha value is -0.530. The molecule has 0 radical (unpaired) electrons. The highest BCUT2D eigenvalue weighted by Crippen LogP contribution is 2.44. The minimum Gasteiger partial charge on any atom is -0.375 e. The number of thiophene rings is 1. The third kappa shape index (κ3) is 3.78. The van der Waals surface area contributed by atoms with Crippen LogP contribution in [0.25, 0.3) is 10.6 Å². The van der Waals surface area contributed by atoms with E-state index in [1.54, 1.807) is 11.3 Å². The van der Waals surface area contributed by atoms with Gasteiger partial charge in [0.2, 0.25) is 0 Å². The summed E-state index contributed by atoms with van der Waals surface area (Å²) in [7, 11) is 0. The number of nitrogens with two attached hydrogens (primary N) is 1. The summed E-state index contributed by atoms with van der Waals surface area (Å²) >= 11 is 15.3. The Morgan fingerprint density at radius 2 is 1.76 bits per heavy atom. The van der Waals surface area contributed by atoms with Gasteiger partial charge in [-0.1, -0.05) is 53.8 Å². The number of aromatic nitrogens is 1. The minimum atomic E-state index is 0.585. The molecule has 0 unspecified atom stereocenters. The minimum absolute atomic E-state index is 0.585. The molecule has 2 N–H and O–H groups in total. The summed E-state index contributed by atoms with van der Waals surface area (Å²) in [6, 6.07) is 2.68. The molecule has 0 aromatic carbocycles. The quantitative estimate of drug-likeness (QED) is 0.744. The highest BCUT2D eigenvalue weighted by atomic mass is 35.5. The Balaban J connectivity index is 1.49. The lowest BCUT2D eigenvalue weighted by Crippen LogP contribution is -2.50. The van der Waals surface area contributed by atoms with E-state index in [4.69, 9.17) is 28.9 Å². The summed E-state index contributed by atoms with van der Waals surface area (Å²) in [5, 5.41) is 2.33. The summed E-state index contributed by atoms with van der Waals surface area (Å²) in [5.41, 5.74) is 6.95. The Bertz CT molecular complexity index is 712. The smallest absolute Gasteiger partial charge is 0.182 e. The molecular weight excluding hydrogens is 395 g/mol. The zero-order chi connectivity index (χ0) is 17.4. The first-order valence-electron chi connectivity index (χ1n) is 8.82. The van der Waals surface area contributed by atoms with Crippen molar-refractivity contribution >= 4 is 56.0 Å². The molecule has 25 heavy (non-hydrogen) atoms. The number of piperazine rings is 1. The average molecular weight is 417 g/mol. The van der Waals surface area contributed by atoms with Crippen LogP contribution < -0.4 is 10.6 Å². The largest absolute Gasteiger partial charge is 0.375 e. The van der Waals surface area contributed by atoms with Gasteiger partial charge in [-0.25, -0.2) is 4.98 Å². The predicted molar refractivity (Wildman–Crippen MR) is 111 cm³/mol. The Labute approximate surface area is 166 Å². The van der Waals surface area contributed by atoms with E-state index in [0.717, 1.165) is 47.8 Å². The van der Waals surface area contributed by atoms with Crippen molar-refractivity contribution in [2.75, 3.05) is 36.8 Å². The molecule has 1 aliphatic heterocycles. The van der Waals surface area contributed by atoms with Gasteiger partial charge in [0.05, 0.1) is 9.90 Å². The van der Waals surface area contributed by atoms with E-state index in [0.29, 0.717) is 14.5 Å². The first kappa shape index (κ1) is 17.9. The molecule has 2 aromatic rings. The molecule has 136 valence electrons. The van der Waals surface area contributed by atoms with Crippen LogP contribution in [0.1, 0.15) is 32.1 Å². The molecular formula is C17H22Cl2N4S2. The van der Waals surface area contributed by atoms with Gasteiger partial charge in [-0.2, -0.15) is 0 Å². The van der Waals surface area contributed by atoms with Crippen LogP contribution >= 0.6 is 45.9 Å². The zero-order valence-corrected chi connectivity index (χ0v) is 17.2. The molecule has 0 spiro atoms. The van der Waals surface area contributed by atoms with Gasteiger partial charge in [-0.15, -0.1) is 11.3 Å². The topological polar surface area (TPSA) is 45.4 Å². The lowest BCUT2D eigenvalue weighted by Gasteiger charge is -2.41. The molecule has 0 amide bonds. The first-order chi connectivity index (χ1) is 12.1. The van der Waals surface area contributed by atoms with Crippen molar-refractivity contribution in [3.63, 3.8) is 0 Å². The number of hydrogen-bond donors (Lipinski definition) is 1. The second-order valence-corrected chi connectivity index (χ2v) is 9.82. The van der Waals surface area contributed by atoms with Crippen LogP contribution in [0.5, 0.6) is 0 Å². The van der Waals surface area contributed by atoms with E-state index < -0.39 is 0 Å². The van der Waals surface area contributed by atoms with Crippen LogP contribution in [0, 0.1) is 0 Å². The summed E-state index contributed by atoms with van der Waals surface area (Å²) in [6.07, 6.45) is 6.92. The predicted octanol–water partition coefficient (Wildman–Crippen LogP) is 5.22. The van der Waals surface area contributed by atoms with Gasteiger partial charge in [0.1, 0.15) is 15.0 Å². The highest BCUT2D eigenvalue weighted by molar-refractivity contribution is 7.22. The number of thiazole rings is 1. The van der Waals surface area contributed by atoms with E-state index in [-0.39, 0.29) is 0 Å². The SMILES string of the molecule is Nc1nc(-c2cc(Cl)c(Cl)s2)c(N2CCN(C3CCCCC3)CC2)s1. The third-order valence-electron chi connectivity index (χ3n) is 5.20. The highest BCUT2D eigenvalue weighted by Gasteiger charge is 2.28. The molecule has 3 heterocycles. The van der Waals surface area contributed by atoms with E-state index in [2.05, 4.69) is 14.8 Å². The van der Waals surface area contributed by atoms with E-state index in [9.17, 15) is 0 Å². The van der Waals surface area contributed by atoms with Gasteiger partial charge in [0, 0.05) is 32.2 Å². The summed E-state index contributed by atoms with van der Waals surface area (Å²) in [4.78, 5) is 10.6. The number of nitrogens with zero attached hydrogens (tertiary/aromatic N) is 3. The van der Waals surface area contributed by atoms with Crippen molar-refractivity contribution < 1.29 is 0 Å². The summed E-state index contributed by atoms with van der Waals surface area (Å²) in [6.45, 7) is 4.29. The standard InChI is InChI=1S/C17H22Cl2N4S2/c18-12-10-13(24-15(12)19)14-16(25-17(20)21-14)23-8-6-22(7-9-23)11-4-2-1-3-5-11/h10-11H,1-9H2,(H2,20,21). The lowest BCUT2D eigenvalue weighted by molar-refractivity contribution is 0.148. The molecule has 4 nitrogen and oxygen atoms in total. The van der Waals surface area contributed by atoms with Gasteiger partial charge in [0.25, 0.3) is 0 Å². The first-order valence-corrected chi connectivity index (χ1v) is 11.2. The maximum Gasteiger partial charge on any atom is 0.182 e. The van der Waals surface area contributed by atoms with Crippen molar-refractivity contribution in [1.29, 1.82) is 0 Å². The monoisotopic (exact) mass is 416 g/mol. The average Bonchev–Trinajstić information content (AvgIpc) is 3.18. The molecule has 4 rings (SSSR count). The zero-order valence-electron chi connectivity index (χ0n) is 14.0. The number of anilines is 2. The van der Waals surface area contributed by atoms with Crippen LogP contribution in [-0.2, 0) is 0 Å². The Morgan fingerprint density at radius 3 is 2.40 bits per heavy atom. The van der Waals surface area contributed by atoms with E-state index in [1.807, 2.05) is 6.07 Å². The lowest BCUT2D eigenvalue weighted by atomic mass is 9.94. The molecule has 2 fully saturated rings. The maximum absolute atomic E-state index is 6.14. The van der Waals surface area contributed by atoms with E-state index >= 15 is 0 Å². The Kier molecular flexibility index (Phi) is 5.43. The van der Waals surface area contributed by atoms with Crippen molar-refractivity contribution in [3.8, 4) is 10.6 Å². The second-order valence-electron chi connectivity index (χ2n) is 6.75. The molecule has 2 aromatic heterocycles. The van der Waals surface area contributed by atoms with Gasteiger partial charge >= 0.3 is 0 Å². The number of halogens is 2. The fraction of sp³-hybridized carbons (Fsp3) is 0.588. The molecule has 0 atom stereocenters. The second kappa shape index (κ2) is 7.61. The van der Waals surface area contributed by atoms with Gasteiger partial charge in [-0.05, 0) is 18.9 Å². The number of hydrogen-bond acceptors (Lipinski definition) is 6. The molecule has 1 saturated heterocycles. The van der Waals surface area contributed by atoms with Crippen LogP contribution in [0.4, 0.5) is 10.1 Å². The van der Waals surface area contributed by atoms with Gasteiger partial charge in [-0.3, -0.25) is 4.90 Å². The third-order valence-corrected chi connectivity index (χ3v) is 8.01. The fourth-order valence-electron chi connectivity index (χ4n) is 3.90. The summed E-state index contributed by atoms with van der Waals surface area (Å²) in [5.74, 6) is 0. The van der Waals surface area contributed by atoms with E-state index in [1.165, 1.54) is 43.4 Å². The van der Waals surface area contributed by atoms with Crippen LogP contribution in [0.3, 0.4) is 0 Å². The summed E-state index contributed by atoms with van der Waals surface area (Å²) < 4.78 is 0.608. The van der Waals surface area contributed by atoms with Crippen LogP contribution in [-0.4, -0.2) is 42.1 Å². The van der Waals surface area contributed by atoms with Gasteiger partial charge < -0.3 is 10.6 Å². The normalized spacial score (nSPS) is 20.3. The van der Waals surface area contributed by atoms with Crippen LogP contribution in [0.15, 0.2) is 6.07 Å². The van der Waals surface area contributed by atoms with Gasteiger partial charge in [0.15, 0.2) is 5.13 Å². The van der Waals surface area contributed by atoms with Crippen LogP contribution in [0.2, 0.25) is 9.36 Å². The maximum atomic E-state index is 6.14. The molecule has 1 saturated carbocycles. The van der Waals surface area contributed by atoms with Crippen molar-refractivity contribution in [2.24, 2.45) is 0 Å². The number of rotatable bonds is 3.